The summed E-state index contributed by atoms with van der Waals surface area (Å²) in [4.78, 5) is 29.9. The number of aryl methyl sites for hydroxylation is 1. The van der Waals surface area contributed by atoms with Crippen molar-refractivity contribution >= 4 is 17.4 Å². The van der Waals surface area contributed by atoms with Crippen molar-refractivity contribution in [2.24, 2.45) is 0 Å². The molecule has 35 heavy (non-hydrogen) atoms. The minimum absolute atomic E-state index is 0.0178. The zero-order chi connectivity index (χ0) is 25.7. The highest BCUT2D eigenvalue weighted by molar-refractivity contribution is 6.46. The summed E-state index contributed by atoms with van der Waals surface area (Å²) in [6.45, 7) is 5.22. The van der Waals surface area contributed by atoms with Crippen LogP contribution in [0, 0.1) is 6.92 Å². The van der Waals surface area contributed by atoms with Gasteiger partial charge in [-0.2, -0.15) is 0 Å². The van der Waals surface area contributed by atoms with E-state index in [1.807, 2.05) is 38.9 Å². The smallest absolute Gasteiger partial charge is 0.295 e. The molecule has 0 aliphatic carbocycles. The van der Waals surface area contributed by atoms with Gasteiger partial charge in [-0.1, -0.05) is 24.6 Å². The maximum Gasteiger partial charge on any atom is 0.295 e. The van der Waals surface area contributed by atoms with Crippen LogP contribution in [0.25, 0.3) is 5.76 Å². The molecule has 0 aromatic heterocycles. The molecule has 0 radical (unpaired) electrons. The predicted octanol–water partition coefficient (Wildman–Crippen LogP) is 3.78. The van der Waals surface area contributed by atoms with E-state index in [1.54, 1.807) is 37.4 Å². The first-order valence-corrected chi connectivity index (χ1v) is 11.6. The summed E-state index contributed by atoms with van der Waals surface area (Å²) in [6.07, 6.45) is 0.807. The van der Waals surface area contributed by atoms with Crippen LogP contribution in [0.15, 0.2) is 42.0 Å². The van der Waals surface area contributed by atoms with Gasteiger partial charge in [0.2, 0.25) is 0 Å². The van der Waals surface area contributed by atoms with Crippen LogP contribution >= 0.6 is 0 Å². The average molecular weight is 483 g/mol. The first-order valence-electron chi connectivity index (χ1n) is 11.6. The minimum Gasteiger partial charge on any atom is -0.507 e. The largest absolute Gasteiger partial charge is 0.507 e. The number of methoxy groups -OCH3 is 2. The van der Waals surface area contributed by atoms with Crippen LogP contribution in [-0.4, -0.2) is 74.6 Å². The van der Waals surface area contributed by atoms with Crippen molar-refractivity contribution in [3.05, 3.63) is 58.7 Å². The van der Waals surface area contributed by atoms with E-state index < -0.39 is 17.7 Å². The molecule has 1 N–H and O–H groups in total. The van der Waals surface area contributed by atoms with E-state index >= 15 is 0 Å². The number of Topliss-reactive ketones (excluding diaryl/α,β-unsaturated/α-hetero) is 1. The highest BCUT2D eigenvalue weighted by atomic mass is 16.5. The lowest BCUT2D eigenvalue weighted by Gasteiger charge is -2.27. The first kappa shape index (κ1) is 26.1. The molecule has 1 aliphatic heterocycles. The monoisotopic (exact) mass is 482 g/mol. The molecule has 1 saturated heterocycles. The number of aliphatic hydroxyl groups is 1. The van der Waals surface area contributed by atoms with E-state index in [0.29, 0.717) is 48.1 Å². The van der Waals surface area contributed by atoms with Crippen LogP contribution < -0.4 is 14.2 Å². The number of likely N-dealkylation sites (tertiary alicyclic amines) is 1. The molecule has 8 heteroatoms. The molecule has 0 saturated carbocycles. The molecule has 1 unspecified atom stereocenters. The van der Waals surface area contributed by atoms with Crippen LogP contribution in [0.5, 0.6) is 17.2 Å². The van der Waals surface area contributed by atoms with Gasteiger partial charge in [-0.15, -0.1) is 0 Å². The van der Waals surface area contributed by atoms with Crippen LogP contribution in [-0.2, 0) is 9.59 Å². The number of carbonyl (C=O) groups is 2. The molecule has 1 fully saturated rings. The van der Waals surface area contributed by atoms with Crippen molar-refractivity contribution in [1.82, 2.24) is 9.80 Å². The van der Waals surface area contributed by atoms with Crippen molar-refractivity contribution in [2.45, 2.75) is 26.3 Å². The third kappa shape index (κ3) is 5.43. The number of benzene rings is 2. The molecule has 8 nitrogen and oxygen atoms in total. The molecule has 1 aliphatic rings. The van der Waals surface area contributed by atoms with E-state index in [0.717, 1.165) is 12.0 Å². The Bertz CT molecular complexity index is 1120. The second-order valence-corrected chi connectivity index (χ2v) is 8.76. The SMILES string of the molecule is CCCOc1cc(C2/C(=C(\O)c3cc(C)ccc3OC)C(=O)C(=O)N2CCN(C)C)ccc1OC. The summed E-state index contributed by atoms with van der Waals surface area (Å²) in [5.41, 5.74) is 1.90. The average Bonchev–Trinajstić information content (AvgIpc) is 3.10. The summed E-state index contributed by atoms with van der Waals surface area (Å²) >= 11 is 0. The van der Waals surface area contributed by atoms with Crippen molar-refractivity contribution in [1.29, 1.82) is 0 Å². The number of hydrogen-bond acceptors (Lipinski definition) is 7. The molecule has 3 rings (SSSR count). The summed E-state index contributed by atoms with van der Waals surface area (Å²) < 4.78 is 16.8. The Morgan fingerprint density at radius 2 is 1.71 bits per heavy atom. The lowest BCUT2D eigenvalue weighted by molar-refractivity contribution is -0.140. The van der Waals surface area contributed by atoms with E-state index in [4.69, 9.17) is 14.2 Å². The number of ether oxygens (including phenoxy) is 3. The number of nitrogens with zero attached hydrogens (tertiary/aromatic N) is 2. The van der Waals surface area contributed by atoms with Gasteiger partial charge in [0.25, 0.3) is 11.7 Å². The molecular formula is C27H34N2O6. The van der Waals surface area contributed by atoms with Gasteiger partial charge in [-0.05, 0) is 57.3 Å². The molecule has 1 amide bonds. The van der Waals surface area contributed by atoms with Crippen LogP contribution in [0.4, 0.5) is 0 Å². The number of aliphatic hydroxyl groups excluding tert-OH is 1. The van der Waals surface area contributed by atoms with Gasteiger partial charge in [0.05, 0.1) is 38.0 Å². The summed E-state index contributed by atoms with van der Waals surface area (Å²) in [5.74, 6) is -0.189. The molecule has 188 valence electrons. The first-order chi connectivity index (χ1) is 16.7. The Balaban J connectivity index is 2.23. The summed E-state index contributed by atoms with van der Waals surface area (Å²) in [5, 5.41) is 11.4. The quantitative estimate of drug-likeness (QED) is 0.313. The molecule has 2 aromatic carbocycles. The Labute approximate surface area is 206 Å². The third-order valence-corrected chi connectivity index (χ3v) is 5.90. The molecule has 0 spiro atoms. The second kappa shape index (κ2) is 11.3. The van der Waals surface area contributed by atoms with Gasteiger partial charge in [-0.25, -0.2) is 0 Å². The van der Waals surface area contributed by atoms with E-state index in [1.165, 1.54) is 12.0 Å². The van der Waals surface area contributed by atoms with Gasteiger partial charge in [-0.3, -0.25) is 9.59 Å². The predicted molar refractivity (Wildman–Crippen MR) is 134 cm³/mol. The molecular weight excluding hydrogens is 448 g/mol. The van der Waals surface area contributed by atoms with Gasteiger partial charge in [0, 0.05) is 13.1 Å². The topological polar surface area (TPSA) is 88.5 Å². The van der Waals surface area contributed by atoms with E-state index in [-0.39, 0.29) is 11.3 Å². The number of carbonyl (C=O) groups excluding carboxylic acids is 2. The zero-order valence-electron chi connectivity index (χ0n) is 21.3. The highest BCUT2D eigenvalue weighted by Gasteiger charge is 2.46. The molecule has 1 atom stereocenters. The number of amides is 1. The lowest BCUT2D eigenvalue weighted by Crippen LogP contribution is -2.35. The fourth-order valence-corrected chi connectivity index (χ4v) is 4.11. The van der Waals surface area contributed by atoms with Crippen molar-refractivity contribution < 1.29 is 28.9 Å². The van der Waals surface area contributed by atoms with Crippen molar-refractivity contribution in [3.63, 3.8) is 0 Å². The number of rotatable bonds is 10. The van der Waals surface area contributed by atoms with Crippen LogP contribution in [0.3, 0.4) is 0 Å². The molecule has 2 aromatic rings. The number of likely N-dealkylation sites (N-methyl/N-ethyl adjacent to an activating group) is 1. The minimum atomic E-state index is -0.796. The Kier molecular flexibility index (Phi) is 8.40. The van der Waals surface area contributed by atoms with Crippen LogP contribution in [0.1, 0.15) is 36.1 Å². The Hall–Kier alpha value is -3.52. The molecule has 1 heterocycles. The highest BCUT2D eigenvalue weighted by Crippen LogP contribution is 2.43. The zero-order valence-corrected chi connectivity index (χ0v) is 21.3. The van der Waals surface area contributed by atoms with Crippen molar-refractivity contribution in [3.8, 4) is 17.2 Å². The summed E-state index contributed by atoms with van der Waals surface area (Å²) in [7, 11) is 6.84. The normalized spacial score (nSPS) is 17.2. The Morgan fingerprint density at radius 1 is 1.03 bits per heavy atom. The third-order valence-electron chi connectivity index (χ3n) is 5.90. The Morgan fingerprint density at radius 3 is 2.34 bits per heavy atom. The maximum atomic E-state index is 13.3. The summed E-state index contributed by atoms with van der Waals surface area (Å²) in [6, 6.07) is 9.83. The number of ketones is 1. The van der Waals surface area contributed by atoms with E-state index in [2.05, 4.69) is 0 Å². The van der Waals surface area contributed by atoms with Gasteiger partial charge >= 0.3 is 0 Å². The van der Waals surface area contributed by atoms with E-state index in [9.17, 15) is 14.7 Å². The standard InChI is InChI=1S/C27H34N2O6/c1-7-14-35-22-16-18(9-11-21(22)34-6)24-23(26(31)27(32)29(24)13-12-28(3)4)25(30)19-15-17(2)8-10-20(19)33-5/h8-11,15-16,24,30H,7,12-14H2,1-6H3/b25-23+. The van der Waals surface area contributed by atoms with Crippen molar-refractivity contribution in [2.75, 3.05) is 48.0 Å². The van der Waals surface area contributed by atoms with Gasteiger partial charge < -0.3 is 29.1 Å². The fourth-order valence-electron chi connectivity index (χ4n) is 4.11. The number of hydrogen-bond donors (Lipinski definition) is 1. The lowest BCUT2D eigenvalue weighted by atomic mass is 9.94. The second-order valence-electron chi connectivity index (χ2n) is 8.76. The fraction of sp³-hybridized carbons (Fsp3) is 0.407. The molecule has 0 bridgehead atoms. The van der Waals surface area contributed by atoms with Crippen LogP contribution in [0.2, 0.25) is 0 Å². The van der Waals surface area contributed by atoms with Gasteiger partial charge in [0.1, 0.15) is 11.5 Å². The van der Waals surface area contributed by atoms with Gasteiger partial charge in [0.15, 0.2) is 11.5 Å². The maximum absolute atomic E-state index is 13.3.